The normalized spacial score (nSPS) is 12.2. The van der Waals surface area contributed by atoms with Crippen molar-refractivity contribution in [2.75, 3.05) is 5.32 Å². The third-order valence-electron chi connectivity index (χ3n) is 2.40. The van der Waals surface area contributed by atoms with Gasteiger partial charge >= 0.3 is 0 Å². The smallest absolute Gasteiger partial charge is 0.239 e. The van der Waals surface area contributed by atoms with Gasteiger partial charge in [0.1, 0.15) is 6.04 Å². The van der Waals surface area contributed by atoms with E-state index in [9.17, 15) is 4.79 Å². The van der Waals surface area contributed by atoms with Gasteiger partial charge in [-0.1, -0.05) is 12.1 Å². The number of primary amides is 1. The summed E-state index contributed by atoms with van der Waals surface area (Å²) in [5.74, 6) is -0.342. The predicted molar refractivity (Wildman–Crippen MR) is 58.2 cm³/mol. The summed E-state index contributed by atoms with van der Waals surface area (Å²) in [5.41, 5.74) is 8.49. The fraction of sp³-hybridized carbons (Fsp3) is 0.364. The Bertz CT molecular complexity index is 347. The zero-order valence-electron chi connectivity index (χ0n) is 8.79. The maximum Gasteiger partial charge on any atom is 0.239 e. The molecule has 3 nitrogen and oxygen atoms in total. The zero-order chi connectivity index (χ0) is 10.7. The van der Waals surface area contributed by atoms with Crippen LogP contribution in [0.1, 0.15) is 18.1 Å². The Hall–Kier alpha value is -1.51. The Morgan fingerprint density at radius 2 is 2.07 bits per heavy atom. The average Bonchev–Trinajstić information content (AvgIpc) is 2.12. The van der Waals surface area contributed by atoms with Crippen molar-refractivity contribution >= 4 is 11.6 Å². The van der Waals surface area contributed by atoms with Crippen LogP contribution in [0.15, 0.2) is 18.2 Å². The van der Waals surface area contributed by atoms with E-state index in [1.807, 2.05) is 32.0 Å². The second-order valence-corrected chi connectivity index (χ2v) is 3.52. The number of nitrogens with one attached hydrogen (secondary N) is 1. The third kappa shape index (κ3) is 2.25. The van der Waals surface area contributed by atoms with E-state index in [4.69, 9.17) is 5.73 Å². The van der Waals surface area contributed by atoms with Crippen LogP contribution in [-0.4, -0.2) is 11.9 Å². The van der Waals surface area contributed by atoms with E-state index in [0.29, 0.717) is 0 Å². The first-order valence-corrected chi connectivity index (χ1v) is 4.64. The van der Waals surface area contributed by atoms with Gasteiger partial charge in [0.15, 0.2) is 0 Å². The molecule has 1 amide bonds. The highest BCUT2D eigenvalue weighted by Crippen LogP contribution is 2.18. The Labute approximate surface area is 84.3 Å². The summed E-state index contributed by atoms with van der Waals surface area (Å²) in [6.45, 7) is 5.81. The lowest BCUT2D eigenvalue weighted by Gasteiger charge is -2.15. The molecule has 0 aliphatic carbocycles. The number of carbonyl (C=O) groups excluding carboxylic acids is 1. The number of hydrogen-bond donors (Lipinski definition) is 2. The highest BCUT2D eigenvalue weighted by molar-refractivity contribution is 5.82. The molecule has 0 fully saturated rings. The molecule has 0 saturated heterocycles. The molecular formula is C11H16N2O. The molecule has 0 heterocycles. The van der Waals surface area contributed by atoms with Crippen LogP contribution in [0.3, 0.4) is 0 Å². The van der Waals surface area contributed by atoms with Crippen LogP contribution in [-0.2, 0) is 4.79 Å². The lowest BCUT2D eigenvalue weighted by molar-refractivity contribution is -0.118. The summed E-state index contributed by atoms with van der Waals surface area (Å²) in [6, 6.07) is 5.60. The summed E-state index contributed by atoms with van der Waals surface area (Å²) in [4.78, 5) is 10.9. The Kier molecular flexibility index (Phi) is 3.12. The first kappa shape index (κ1) is 10.6. The molecule has 1 aromatic carbocycles. The number of aryl methyl sites for hydroxylation is 1. The van der Waals surface area contributed by atoms with Crippen molar-refractivity contribution in [3.05, 3.63) is 29.3 Å². The molecule has 0 aliphatic heterocycles. The summed E-state index contributed by atoms with van der Waals surface area (Å²) >= 11 is 0. The summed E-state index contributed by atoms with van der Waals surface area (Å²) in [5, 5.41) is 3.08. The van der Waals surface area contributed by atoms with Gasteiger partial charge in [-0.25, -0.2) is 0 Å². The number of rotatable bonds is 3. The average molecular weight is 192 g/mol. The summed E-state index contributed by atoms with van der Waals surface area (Å²) < 4.78 is 0. The van der Waals surface area contributed by atoms with Crippen molar-refractivity contribution in [2.45, 2.75) is 26.8 Å². The monoisotopic (exact) mass is 192 g/mol. The van der Waals surface area contributed by atoms with Gasteiger partial charge in [0.05, 0.1) is 0 Å². The molecular weight excluding hydrogens is 176 g/mol. The molecule has 14 heavy (non-hydrogen) atoms. The van der Waals surface area contributed by atoms with Crippen LogP contribution in [0.2, 0.25) is 0 Å². The number of amides is 1. The minimum absolute atomic E-state index is 0.338. The van der Waals surface area contributed by atoms with Crippen LogP contribution >= 0.6 is 0 Å². The zero-order valence-corrected chi connectivity index (χ0v) is 8.79. The number of hydrogen-bond acceptors (Lipinski definition) is 2. The standard InChI is InChI=1S/C11H16N2O/c1-7-5-4-6-10(8(7)2)13-9(3)11(12)14/h4-6,9,13H,1-3H3,(H2,12,14)/t9-/m0/s1. The first-order valence-electron chi connectivity index (χ1n) is 4.64. The van der Waals surface area contributed by atoms with Crippen molar-refractivity contribution in [1.29, 1.82) is 0 Å². The fourth-order valence-corrected chi connectivity index (χ4v) is 1.21. The molecule has 0 bridgehead atoms. The van der Waals surface area contributed by atoms with Gasteiger partial charge in [0, 0.05) is 5.69 Å². The molecule has 0 saturated carbocycles. The first-order chi connectivity index (χ1) is 6.52. The molecule has 0 unspecified atom stereocenters. The van der Waals surface area contributed by atoms with Crippen LogP contribution in [0.5, 0.6) is 0 Å². The molecule has 0 aliphatic rings. The number of anilines is 1. The van der Waals surface area contributed by atoms with Gasteiger partial charge in [0.25, 0.3) is 0 Å². The predicted octanol–water partition coefficient (Wildman–Crippen LogP) is 1.59. The van der Waals surface area contributed by atoms with Gasteiger partial charge < -0.3 is 11.1 Å². The number of carbonyl (C=O) groups is 1. The highest BCUT2D eigenvalue weighted by Gasteiger charge is 2.09. The SMILES string of the molecule is Cc1cccc(N[C@@H](C)C(N)=O)c1C. The van der Waals surface area contributed by atoms with E-state index in [1.165, 1.54) is 5.56 Å². The minimum Gasteiger partial charge on any atom is -0.374 e. The van der Waals surface area contributed by atoms with Gasteiger partial charge in [-0.15, -0.1) is 0 Å². The van der Waals surface area contributed by atoms with Crippen LogP contribution in [0.4, 0.5) is 5.69 Å². The van der Waals surface area contributed by atoms with Gasteiger partial charge in [0.2, 0.25) is 5.91 Å². The number of benzene rings is 1. The quantitative estimate of drug-likeness (QED) is 0.764. The minimum atomic E-state index is -0.342. The van der Waals surface area contributed by atoms with E-state index in [1.54, 1.807) is 6.92 Å². The van der Waals surface area contributed by atoms with E-state index < -0.39 is 0 Å². The van der Waals surface area contributed by atoms with Crippen molar-refractivity contribution in [1.82, 2.24) is 0 Å². The third-order valence-corrected chi connectivity index (χ3v) is 2.40. The van der Waals surface area contributed by atoms with Crippen molar-refractivity contribution in [3.8, 4) is 0 Å². The lowest BCUT2D eigenvalue weighted by atomic mass is 10.1. The number of nitrogens with two attached hydrogens (primary N) is 1. The lowest BCUT2D eigenvalue weighted by Crippen LogP contribution is -2.32. The van der Waals surface area contributed by atoms with Crippen LogP contribution in [0.25, 0.3) is 0 Å². The largest absolute Gasteiger partial charge is 0.374 e. The maximum atomic E-state index is 10.9. The molecule has 3 N–H and O–H groups in total. The second-order valence-electron chi connectivity index (χ2n) is 3.52. The highest BCUT2D eigenvalue weighted by atomic mass is 16.1. The molecule has 0 aromatic heterocycles. The van der Waals surface area contributed by atoms with Gasteiger partial charge in [-0.2, -0.15) is 0 Å². The van der Waals surface area contributed by atoms with Crippen LogP contribution in [0, 0.1) is 13.8 Å². The van der Waals surface area contributed by atoms with E-state index >= 15 is 0 Å². The van der Waals surface area contributed by atoms with E-state index in [2.05, 4.69) is 5.32 Å². The fourth-order valence-electron chi connectivity index (χ4n) is 1.21. The molecule has 1 aromatic rings. The Morgan fingerprint density at radius 3 is 2.64 bits per heavy atom. The topological polar surface area (TPSA) is 55.1 Å². The van der Waals surface area contributed by atoms with E-state index in [-0.39, 0.29) is 11.9 Å². The van der Waals surface area contributed by atoms with Crippen molar-refractivity contribution in [3.63, 3.8) is 0 Å². The summed E-state index contributed by atoms with van der Waals surface area (Å²) in [7, 11) is 0. The van der Waals surface area contributed by atoms with Gasteiger partial charge in [-0.3, -0.25) is 4.79 Å². The van der Waals surface area contributed by atoms with E-state index in [0.717, 1.165) is 11.3 Å². The van der Waals surface area contributed by atoms with Crippen LogP contribution < -0.4 is 11.1 Å². The molecule has 1 atom stereocenters. The molecule has 1 rings (SSSR count). The molecule has 3 heteroatoms. The molecule has 0 radical (unpaired) electrons. The Morgan fingerprint density at radius 1 is 1.43 bits per heavy atom. The maximum absolute atomic E-state index is 10.9. The second kappa shape index (κ2) is 4.13. The van der Waals surface area contributed by atoms with Gasteiger partial charge in [-0.05, 0) is 38.0 Å². The van der Waals surface area contributed by atoms with Crippen molar-refractivity contribution in [2.24, 2.45) is 5.73 Å². The molecule has 76 valence electrons. The Balaban J connectivity index is 2.87. The molecule has 0 spiro atoms. The van der Waals surface area contributed by atoms with Crippen molar-refractivity contribution < 1.29 is 4.79 Å². The summed E-state index contributed by atoms with van der Waals surface area (Å²) in [6.07, 6.45) is 0.